The second kappa shape index (κ2) is 6.19. The van der Waals surface area contributed by atoms with E-state index < -0.39 is 5.60 Å². The summed E-state index contributed by atoms with van der Waals surface area (Å²) in [5.41, 5.74) is 3.39. The Balaban J connectivity index is 2.05. The Morgan fingerprint density at radius 1 is 1.23 bits per heavy atom. The molecule has 22 heavy (non-hydrogen) atoms. The predicted octanol–water partition coefficient (Wildman–Crippen LogP) is 3.75. The van der Waals surface area contributed by atoms with E-state index in [2.05, 4.69) is 43.9 Å². The molecular formula is C18H28N2O2. The number of hydrogen-bond acceptors (Lipinski definition) is 3. The fraction of sp³-hybridized carbons (Fsp3) is 0.611. The van der Waals surface area contributed by atoms with Gasteiger partial charge in [-0.3, -0.25) is 0 Å². The molecule has 4 heteroatoms. The molecule has 1 aromatic carbocycles. The number of anilines is 1. The van der Waals surface area contributed by atoms with Crippen LogP contribution in [0.2, 0.25) is 0 Å². The normalized spacial score (nSPS) is 19.3. The number of aryl methyl sites for hydroxylation is 2. The fourth-order valence-corrected chi connectivity index (χ4v) is 2.94. The van der Waals surface area contributed by atoms with E-state index in [0.717, 1.165) is 6.54 Å². The van der Waals surface area contributed by atoms with Crippen LogP contribution in [0.3, 0.4) is 0 Å². The van der Waals surface area contributed by atoms with Crippen molar-refractivity contribution in [3.05, 3.63) is 29.3 Å². The highest BCUT2D eigenvalue weighted by atomic mass is 16.6. The van der Waals surface area contributed by atoms with Crippen molar-refractivity contribution in [3.63, 3.8) is 0 Å². The van der Waals surface area contributed by atoms with Gasteiger partial charge in [-0.05, 0) is 53.2 Å². The average molecular weight is 304 g/mol. The van der Waals surface area contributed by atoms with Gasteiger partial charge in [-0.25, -0.2) is 4.79 Å². The van der Waals surface area contributed by atoms with Gasteiger partial charge in [0.15, 0.2) is 0 Å². The maximum atomic E-state index is 12.2. The van der Waals surface area contributed by atoms with E-state index in [0.29, 0.717) is 13.1 Å². The van der Waals surface area contributed by atoms with Crippen molar-refractivity contribution in [3.8, 4) is 0 Å². The van der Waals surface area contributed by atoms with Crippen molar-refractivity contribution in [2.75, 3.05) is 24.5 Å². The number of carbonyl (C=O) groups excluding carboxylic acids is 1. The zero-order valence-electron chi connectivity index (χ0n) is 14.6. The van der Waals surface area contributed by atoms with Crippen LogP contribution in [-0.2, 0) is 4.74 Å². The molecule has 0 radical (unpaired) electrons. The van der Waals surface area contributed by atoms with Crippen LogP contribution in [0, 0.1) is 13.8 Å². The second-order valence-corrected chi connectivity index (χ2v) is 7.26. The molecule has 0 spiro atoms. The molecule has 0 N–H and O–H groups in total. The number of benzene rings is 1. The first-order chi connectivity index (χ1) is 10.2. The van der Waals surface area contributed by atoms with Gasteiger partial charge in [0.1, 0.15) is 5.60 Å². The molecule has 1 aliphatic rings. The summed E-state index contributed by atoms with van der Waals surface area (Å²) in [5, 5.41) is 0. The zero-order valence-corrected chi connectivity index (χ0v) is 14.6. The number of carbonyl (C=O) groups is 1. The SMILES string of the molecule is Cc1ccc(N2CCN(C(=O)OC(C)(C)C)C[C@H]2C)c(C)c1. The first-order valence-corrected chi connectivity index (χ1v) is 7.99. The number of rotatable bonds is 1. The molecule has 1 atom stereocenters. The van der Waals surface area contributed by atoms with E-state index in [4.69, 9.17) is 4.74 Å². The van der Waals surface area contributed by atoms with Crippen LogP contribution >= 0.6 is 0 Å². The van der Waals surface area contributed by atoms with Gasteiger partial charge < -0.3 is 14.5 Å². The lowest BCUT2D eigenvalue weighted by Gasteiger charge is -2.42. The van der Waals surface area contributed by atoms with Gasteiger partial charge in [-0.15, -0.1) is 0 Å². The predicted molar refractivity (Wildman–Crippen MR) is 90.5 cm³/mol. The van der Waals surface area contributed by atoms with Crippen molar-refractivity contribution < 1.29 is 9.53 Å². The molecule has 2 rings (SSSR count). The average Bonchev–Trinajstić information content (AvgIpc) is 2.37. The molecule has 4 nitrogen and oxygen atoms in total. The molecule has 122 valence electrons. The van der Waals surface area contributed by atoms with Gasteiger partial charge in [0.05, 0.1) is 0 Å². The van der Waals surface area contributed by atoms with Crippen LogP contribution in [0.25, 0.3) is 0 Å². The van der Waals surface area contributed by atoms with Crippen LogP contribution in [-0.4, -0.2) is 42.3 Å². The van der Waals surface area contributed by atoms with Gasteiger partial charge in [-0.2, -0.15) is 0 Å². The minimum Gasteiger partial charge on any atom is -0.444 e. The lowest BCUT2D eigenvalue weighted by atomic mass is 10.1. The van der Waals surface area contributed by atoms with Crippen LogP contribution in [0.5, 0.6) is 0 Å². The molecule has 1 amide bonds. The molecule has 1 aromatic rings. The molecule has 0 bridgehead atoms. The van der Waals surface area contributed by atoms with Crippen LogP contribution < -0.4 is 4.90 Å². The summed E-state index contributed by atoms with van der Waals surface area (Å²) in [4.78, 5) is 16.4. The van der Waals surface area contributed by atoms with Crippen LogP contribution in [0.1, 0.15) is 38.8 Å². The number of piperazine rings is 1. The molecule has 0 aromatic heterocycles. The smallest absolute Gasteiger partial charge is 0.410 e. The monoisotopic (exact) mass is 304 g/mol. The highest BCUT2D eigenvalue weighted by Crippen LogP contribution is 2.26. The van der Waals surface area contributed by atoms with Crippen molar-refractivity contribution >= 4 is 11.8 Å². The molecular weight excluding hydrogens is 276 g/mol. The van der Waals surface area contributed by atoms with E-state index >= 15 is 0 Å². The third kappa shape index (κ3) is 3.93. The summed E-state index contributed by atoms with van der Waals surface area (Å²) in [6.07, 6.45) is -0.209. The lowest BCUT2D eigenvalue weighted by Crippen LogP contribution is -2.54. The Bertz CT molecular complexity index is 549. The fourth-order valence-electron chi connectivity index (χ4n) is 2.94. The maximum Gasteiger partial charge on any atom is 0.410 e. The number of nitrogens with zero attached hydrogens (tertiary/aromatic N) is 2. The molecule has 1 fully saturated rings. The summed E-state index contributed by atoms with van der Waals surface area (Å²) >= 11 is 0. The van der Waals surface area contributed by atoms with E-state index in [1.54, 1.807) is 0 Å². The summed E-state index contributed by atoms with van der Waals surface area (Å²) in [6.45, 7) is 14.4. The first-order valence-electron chi connectivity index (χ1n) is 7.99. The van der Waals surface area contributed by atoms with Gasteiger partial charge in [0.2, 0.25) is 0 Å². The van der Waals surface area contributed by atoms with Gasteiger partial charge in [-0.1, -0.05) is 17.7 Å². The summed E-state index contributed by atoms with van der Waals surface area (Å²) in [7, 11) is 0. The first kappa shape index (κ1) is 16.7. The molecule has 1 heterocycles. The van der Waals surface area contributed by atoms with Gasteiger partial charge >= 0.3 is 6.09 Å². The van der Waals surface area contributed by atoms with Gasteiger partial charge in [0, 0.05) is 31.4 Å². The molecule has 1 aliphatic heterocycles. The Kier molecular flexibility index (Phi) is 4.69. The quantitative estimate of drug-likeness (QED) is 0.792. The van der Waals surface area contributed by atoms with Crippen molar-refractivity contribution in [1.82, 2.24) is 4.90 Å². The van der Waals surface area contributed by atoms with Crippen molar-refractivity contribution in [2.24, 2.45) is 0 Å². The van der Waals surface area contributed by atoms with E-state index in [9.17, 15) is 4.79 Å². The molecule has 1 saturated heterocycles. The van der Waals surface area contributed by atoms with Crippen molar-refractivity contribution in [2.45, 2.75) is 53.2 Å². The second-order valence-electron chi connectivity index (χ2n) is 7.26. The van der Waals surface area contributed by atoms with E-state index in [-0.39, 0.29) is 12.1 Å². The zero-order chi connectivity index (χ0) is 16.5. The highest BCUT2D eigenvalue weighted by Gasteiger charge is 2.30. The van der Waals surface area contributed by atoms with Crippen molar-refractivity contribution in [1.29, 1.82) is 0 Å². The van der Waals surface area contributed by atoms with Crippen LogP contribution in [0.4, 0.5) is 10.5 Å². The summed E-state index contributed by atoms with van der Waals surface area (Å²) < 4.78 is 5.47. The minimum atomic E-state index is -0.439. The van der Waals surface area contributed by atoms with Gasteiger partial charge in [0.25, 0.3) is 0 Å². The van der Waals surface area contributed by atoms with Crippen LogP contribution in [0.15, 0.2) is 18.2 Å². The highest BCUT2D eigenvalue weighted by molar-refractivity contribution is 5.69. The maximum absolute atomic E-state index is 12.2. The lowest BCUT2D eigenvalue weighted by molar-refractivity contribution is 0.0219. The minimum absolute atomic E-state index is 0.209. The summed E-state index contributed by atoms with van der Waals surface area (Å²) in [6, 6.07) is 6.82. The standard InChI is InChI=1S/C18H28N2O2/c1-13-7-8-16(14(2)11-13)20-10-9-19(12-15(20)3)17(21)22-18(4,5)6/h7-8,11,15H,9-10,12H2,1-6H3/t15-/m1/s1. The van der Waals surface area contributed by atoms with E-state index in [1.165, 1.54) is 16.8 Å². The molecule has 0 saturated carbocycles. The Labute approximate surface area is 134 Å². The topological polar surface area (TPSA) is 32.8 Å². The summed E-state index contributed by atoms with van der Waals surface area (Å²) in [5.74, 6) is 0. The molecule has 0 aliphatic carbocycles. The Hall–Kier alpha value is -1.71. The Morgan fingerprint density at radius 2 is 1.91 bits per heavy atom. The Morgan fingerprint density at radius 3 is 2.45 bits per heavy atom. The molecule has 0 unspecified atom stereocenters. The third-order valence-corrected chi connectivity index (χ3v) is 3.94. The number of ether oxygens (including phenoxy) is 1. The number of amides is 1. The number of hydrogen-bond donors (Lipinski definition) is 0. The third-order valence-electron chi connectivity index (χ3n) is 3.94. The van der Waals surface area contributed by atoms with E-state index in [1.807, 2.05) is 25.7 Å². The largest absolute Gasteiger partial charge is 0.444 e.